The molecule has 0 radical (unpaired) electrons. The van der Waals surface area contributed by atoms with Crippen LogP contribution in [0, 0.1) is 11.8 Å². The van der Waals surface area contributed by atoms with Gasteiger partial charge in [0.1, 0.15) is 11.9 Å². The number of ether oxygens (including phenoxy) is 2. The predicted molar refractivity (Wildman–Crippen MR) is 148 cm³/mol. The third-order valence-electron chi connectivity index (χ3n) is 7.07. The van der Waals surface area contributed by atoms with Crippen molar-refractivity contribution in [1.82, 2.24) is 4.31 Å². The van der Waals surface area contributed by atoms with Crippen LogP contribution in [0.5, 0.6) is 5.75 Å². The summed E-state index contributed by atoms with van der Waals surface area (Å²) in [6.45, 7) is 4.01. The molecule has 2 aromatic rings. The zero-order valence-electron chi connectivity index (χ0n) is 22.9. The highest BCUT2D eigenvalue weighted by Crippen LogP contribution is 2.26. The molecule has 0 spiro atoms. The molecule has 1 N–H and O–H groups in total. The SMILES string of the molecule is COc1ccc(S(=O)(=O)N(CC(C)C)C[C@@H](O)[C@@H](CC(=O)OC2CCCCCC2)Cc2ccccc2)cc1. The van der Waals surface area contributed by atoms with Crippen molar-refractivity contribution in [1.29, 1.82) is 0 Å². The van der Waals surface area contributed by atoms with E-state index in [4.69, 9.17) is 9.47 Å². The molecule has 0 heterocycles. The van der Waals surface area contributed by atoms with Crippen molar-refractivity contribution in [2.24, 2.45) is 11.8 Å². The van der Waals surface area contributed by atoms with Crippen LogP contribution < -0.4 is 4.74 Å². The van der Waals surface area contributed by atoms with Gasteiger partial charge in [0.25, 0.3) is 0 Å². The van der Waals surface area contributed by atoms with Crippen molar-refractivity contribution >= 4 is 16.0 Å². The molecule has 0 unspecified atom stereocenters. The molecule has 0 bridgehead atoms. The highest BCUT2D eigenvalue weighted by molar-refractivity contribution is 7.89. The van der Waals surface area contributed by atoms with E-state index in [1.54, 1.807) is 12.1 Å². The Labute approximate surface area is 228 Å². The molecule has 3 rings (SSSR count). The molecule has 8 heteroatoms. The molecule has 0 saturated heterocycles. The Bertz CT molecular complexity index is 1080. The third-order valence-corrected chi connectivity index (χ3v) is 8.92. The molecule has 0 aromatic heterocycles. The summed E-state index contributed by atoms with van der Waals surface area (Å²) in [5.74, 6) is -0.209. The molecule has 0 aliphatic heterocycles. The monoisotopic (exact) mass is 545 g/mol. The maximum atomic E-state index is 13.6. The van der Waals surface area contributed by atoms with E-state index in [0.29, 0.717) is 12.2 Å². The number of aliphatic hydroxyl groups excluding tert-OH is 1. The smallest absolute Gasteiger partial charge is 0.306 e. The summed E-state index contributed by atoms with van der Waals surface area (Å²) in [6, 6.07) is 15.9. The molecule has 1 fully saturated rings. The van der Waals surface area contributed by atoms with Crippen LogP contribution in [0.3, 0.4) is 0 Å². The van der Waals surface area contributed by atoms with E-state index in [1.807, 2.05) is 44.2 Å². The van der Waals surface area contributed by atoms with Gasteiger partial charge in [-0.2, -0.15) is 4.31 Å². The van der Waals surface area contributed by atoms with Crippen LogP contribution in [0.25, 0.3) is 0 Å². The normalized spacial score (nSPS) is 16.7. The number of hydrogen-bond acceptors (Lipinski definition) is 6. The molecular weight excluding hydrogens is 502 g/mol. The lowest BCUT2D eigenvalue weighted by atomic mass is 9.90. The highest BCUT2D eigenvalue weighted by Gasteiger charge is 2.32. The predicted octanol–water partition coefficient (Wildman–Crippen LogP) is 5.22. The Balaban J connectivity index is 1.79. The summed E-state index contributed by atoms with van der Waals surface area (Å²) < 4.78 is 39.5. The third kappa shape index (κ3) is 9.10. The number of carbonyl (C=O) groups excluding carboxylic acids is 1. The average Bonchev–Trinajstić information content (AvgIpc) is 3.16. The fourth-order valence-electron chi connectivity index (χ4n) is 5.00. The van der Waals surface area contributed by atoms with Gasteiger partial charge >= 0.3 is 5.97 Å². The van der Waals surface area contributed by atoms with E-state index in [1.165, 1.54) is 23.5 Å². The number of aliphatic hydroxyl groups is 1. The van der Waals surface area contributed by atoms with Crippen LogP contribution in [-0.4, -0.2) is 56.2 Å². The second-order valence-electron chi connectivity index (χ2n) is 10.7. The summed E-state index contributed by atoms with van der Waals surface area (Å²) in [4.78, 5) is 13.1. The molecule has 7 nitrogen and oxygen atoms in total. The number of carbonyl (C=O) groups is 1. The maximum absolute atomic E-state index is 13.6. The second-order valence-corrected chi connectivity index (χ2v) is 12.7. The van der Waals surface area contributed by atoms with Gasteiger partial charge in [0.05, 0.1) is 24.5 Å². The number of sulfonamides is 1. The molecule has 2 atom stereocenters. The second kappa shape index (κ2) is 14.7. The minimum absolute atomic E-state index is 0.0324. The van der Waals surface area contributed by atoms with Crippen LogP contribution in [0.15, 0.2) is 59.5 Å². The molecular formula is C30H43NO6S. The Morgan fingerprint density at radius 3 is 2.18 bits per heavy atom. The molecule has 0 amide bonds. The van der Waals surface area contributed by atoms with Gasteiger partial charge in [-0.3, -0.25) is 4.79 Å². The fraction of sp³-hybridized carbons (Fsp3) is 0.567. The van der Waals surface area contributed by atoms with E-state index >= 15 is 0 Å². The average molecular weight is 546 g/mol. The zero-order chi connectivity index (χ0) is 27.5. The topological polar surface area (TPSA) is 93.1 Å². The molecule has 1 aliphatic carbocycles. The standard InChI is InChI=1S/C30H43NO6S/c1-23(2)21-31(38(34,35)28-17-15-26(36-3)16-18-28)22-29(32)25(19-24-11-7-6-8-12-24)20-30(33)37-27-13-9-4-5-10-14-27/h6-8,11-12,15-18,23,25,27,29,32H,4-5,9-10,13-14,19-22H2,1-3H3/t25-,29-/m1/s1. The lowest BCUT2D eigenvalue weighted by Gasteiger charge is -2.30. The molecule has 210 valence electrons. The van der Waals surface area contributed by atoms with Crippen LogP contribution in [-0.2, 0) is 26.0 Å². The zero-order valence-corrected chi connectivity index (χ0v) is 23.7. The fourth-order valence-corrected chi connectivity index (χ4v) is 6.62. The number of nitrogens with zero attached hydrogens (tertiary/aromatic N) is 1. The highest BCUT2D eigenvalue weighted by atomic mass is 32.2. The van der Waals surface area contributed by atoms with E-state index in [0.717, 1.165) is 44.1 Å². The summed E-state index contributed by atoms with van der Waals surface area (Å²) in [6.07, 6.45) is 5.54. The van der Waals surface area contributed by atoms with Crippen LogP contribution in [0.2, 0.25) is 0 Å². The largest absolute Gasteiger partial charge is 0.497 e. The maximum Gasteiger partial charge on any atom is 0.306 e. The number of methoxy groups -OCH3 is 1. The Hall–Kier alpha value is -2.42. The van der Waals surface area contributed by atoms with Crippen molar-refractivity contribution < 1.29 is 27.8 Å². The van der Waals surface area contributed by atoms with Crippen molar-refractivity contribution in [2.45, 2.75) is 82.3 Å². The van der Waals surface area contributed by atoms with Gasteiger partial charge in [-0.25, -0.2) is 8.42 Å². The van der Waals surface area contributed by atoms with E-state index < -0.39 is 22.0 Å². The first-order valence-electron chi connectivity index (χ1n) is 13.7. The molecule has 2 aromatic carbocycles. The Morgan fingerprint density at radius 2 is 1.61 bits per heavy atom. The Morgan fingerprint density at radius 1 is 0.974 bits per heavy atom. The quantitative estimate of drug-likeness (QED) is 0.274. The van der Waals surface area contributed by atoms with Gasteiger partial charge < -0.3 is 14.6 Å². The van der Waals surface area contributed by atoms with Crippen molar-refractivity contribution in [3.05, 3.63) is 60.2 Å². The van der Waals surface area contributed by atoms with Gasteiger partial charge in [0, 0.05) is 19.0 Å². The first-order chi connectivity index (χ1) is 18.2. The van der Waals surface area contributed by atoms with E-state index in [9.17, 15) is 18.3 Å². The minimum atomic E-state index is -3.88. The van der Waals surface area contributed by atoms with Crippen molar-refractivity contribution in [2.75, 3.05) is 20.2 Å². The minimum Gasteiger partial charge on any atom is -0.497 e. The van der Waals surface area contributed by atoms with Crippen LogP contribution in [0.4, 0.5) is 0 Å². The summed E-state index contributed by atoms with van der Waals surface area (Å²) in [5, 5.41) is 11.4. The number of rotatable bonds is 13. The number of hydrogen-bond donors (Lipinski definition) is 1. The summed E-state index contributed by atoms with van der Waals surface area (Å²) >= 11 is 0. The first-order valence-corrected chi connectivity index (χ1v) is 15.2. The van der Waals surface area contributed by atoms with E-state index in [-0.39, 0.29) is 42.4 Å². The van der Waals surface area contributed by atoms with Gasteiger partial charge in [0.2, 0.25) is 10.0 Å². The molecule has 1 aliphatic rings. The van der Waals surface area contributed by atoms with E-state index in [2.05, 4.69) is 0 Å². The van der Waals surface area contributed by atoms with Crippen molar-refractivity contribution in [3.8, 4) is 5.75 Å². The van der Waals surface area contributed by atoms with Gasteiger partial charge in [0.15, 0.2) is 0 Å². The van der Waals surface area contributed by atoms with Gasteiger partial charge in [-0.05, 0) is 67.9 Å². The number of esters is 1. The van der Waals surface area contributed by atoms with Crippen LogP contribution >= 0.6 is 0 Å². The first kappa shape index (κ1) is 30.1. The lowest BCUT2D eigenvalue weighted by Crippen LogP contribution is -2.43. The lowest BCUT2D eigenvalue weighted by molar-refractivity contribution is -0.151. The van der Waals surface area contributed by atoms with Crippen molar-refractivity contribution in [3.63, 3.8) is 0 Å². The summed E-state index contributed by atoms with van der Waals surface area (Å²) in [7, 11) is -2.35. The molecule has 1 saturated carbocycles. The number of benzene rings is 2. The Kier molecular flexibility index (Phi) is 11.6. The van der Waals surface area contributed by atoms with Gasteiger partial charge in [-0.15, -0.1) is 0 Å². The van der Waals surface area contributed by atoms with Gasteiger partial charge in [-0.1, -0.05) is 57.0 Å². The summed E-state index contributed by atoms with van der Waals surface area (Å²) in [5.41, 5.74) is 0.979. The molecule has 38 heavy (non-hydrogen) atoms. The van der Waals surface area contributed by atoms with Crippen LogP contribution in [0.1, 0.15) is 64.4 Å².